The minimum absolute atomic E-state index is 0.840. The van der Waals surface area contributed by atoms with Crippen LogP contribution in [0.5, 0.6) is 0 Å². The van der Waals surface area contributed by atoms with Crippen LogP contribution < -0.4 is 0 Å². The molecule has 0 saturated heterocycles. The zero-order chi connectivity index (χ0) is 19.1. The molecule has 0 aromatic heterocycles. The third kappa shape index (κ3) is 3.91. The largest absolute Gasteiger partial charge is 0.339 e. The fourth-order valence-corrected chi connectivity index (χ4v) is 4.37. The summed E-state index contributed by atoms with van der Waals surface area (Å²) in [5.74, 6) is 0. The quantitative estimate of drug-likeness (QED) is 0.492. The van der Waals surface area contributed by atoms with Crippen LogP contribution in [0.3, 0.4) is 0 Å². The van der Waals surface area contributed by atoms with Crippen molar-refractivity contribution in [3.8, 4) is 12.1 Å². The van der Waals surface area contributed by atoms with Gasteiger partial charge in [0.25, 0.3) is 0 Å². The Morgan fingerprint density at radius 1 is 1.16 bits per heavy atom. The molecule has 0 saturated carbocycles. The molecule has 0 heterocycles. The topological polar surface area (TPSA) is 83.1 Å². The zero-order valence-electron chi connectivity index (χ0n) is 15.0. The minimum Gasteiger partial charge on any atom is -0.311 e. The van der Waals surface area contributed by atoms with Crippen molar-refractivity contribution in [2.75, 3.05) is 14.2 Å². The Labute approximate surface area is 149 Å². The summed E-state index contributed by atoms with van der Waals surface area (Å²) in [6.45, 7) is 7.13. The predicted octanol–water partition coefficient (Wildman–Crippen LogP) is 4.80. The summed E-state index contributed by atoms with van der Waals surface area (Å²) in [4.78, 5) is 0. The monoisotopic (exact) mass is 358 g/mol. The summed E-state index contributed by atoms with van der Waals surface area (Å²) in [6, 6.07) is 13.4. The average molecular weight is 358 g/mol. The molecule has 0 aliphatic rings. The van der Waals surface area contributed by atoms with E-state index in [9.17, 15) is 15.1 Å². The van der Waals surface area contributed by atoms with Gasteiger partial charge in [-0.15, -0.1) is 6.58 Å². The Morgan fingerprint density at radius 2 is 1.68 bits per heavy atom. The third-order valence-corrected chi connectivity index (χ3v) is 6.70. The summed E-state index contributed by atoms with van der Waals surface area (Å²) in [7, 11) is -1.28. The fraction of sp³-hybridized carbons (Fsp3) is 0.368. The number of allylic oxidation sites excluding steroid dienone is 2. The SMILES string of the molecule is C=CC(C)(C)C(C#N)(C#N)[C@@H](/C=C/c1ccccc1)P(=O)(OC)OC. The van der Waals surface area contributed by atoms with Crippen molar-refractivity contribution < 1.29 is 13.6 Å². The van der Waals surface area contributed by atoms with E-state index in [4.69, 9.17) is 9.05 Å². The van der Waals surface area contributed by atoms with Crippen LogP contribution in [-0.2, 0) is 13.6 Å². The van der Waals surface area contributed by atoms with E-state index in [2.05, 4.69) is 18.7 Å². The molecule has 6 heteroatoms. The van der Waals surface area contributed by atoms with Crippen LogP contribution in [0.2, 0.25) is 0 Å². The smallest absolute Gasteiger partial charge is 0.311 e. The summed E-state index contributed by atoms with van der Waals surface area (Å²) in [6.07, 6.45) is 4.78. The summed E-state index contributed by atoms with van der Waals surface area (Å²) in [5, 5.41) is 19.8. The molecule has 0 amide bonds. The molecular formula is C19H23N2O3P. The van der Waals surface area contributed by atoms with E-state index in [1.54, 1.807) is 26.0 Å². The standard InChI is InChI=1S/C19H23N2O3P/c1-6-18(2,3)19(14-20,15-21)17(25(22,23-4)24-5)13-12-16-10-8-7-9-11-16/h6-13,17H,1H2,2-5H3/b13-12+/t17-/m1/s1. The van der Waals surface area contributed by atoms with Crippen molar-refractivity contribution in [1.29, 1.82) is 10.5 Å². The molecule has 0 aliphatic carbocycles. The number of nitrogens with zero attached hydrogens (tertiary/aromatic N) is 2. The molecule has 1 aromatic carbocycles. The lowest BCUT2D eigenvalue weighted by atomic mass is 9.65. The van der Waals surface area contributed by atoms with Crippen LogP contribution >= 0.6 is 7.60 Å². The van der Waals surface area contributed by atoms with E-state index >= 15 is 0 Å². The Bertz CT molecular complexity index is 735. The van der Waals surface area contributed by atoms with E-state index in [0.29, 0.717) is 0 Å². The second-order valence-electron chi connectivity index (χ2n) is 6.08. The lowest BCUT2D eigenvalue weighted by molar-refractivity contribution is 0.216. The third-order valence-electron chi connectivity index (χ3n) is 4.44. The van der Waals surface area contributed by atoms with Gasteiger partial charge < -0.3 is 9.05 Å². The van der Waals surface area contributed by atoms with Crippen molar-refractivity contribution in [1.82, 2.24) is 0 Å². The Morgan fingerprint density at radius 3 is 2.08 bits per heavy atom. The molecule has 0 spiro atoms. The lowest BCUT2D eigenvalue weighted by Gasteiger charge is -2.40. The molecule has 132 valence electrons. The predicted molar refractivity (Wildman–Crippen MR) is 98.5 cm³/mol. The minimum atomic E-state index is -3.77. The number of rotatable bonds is 8. The highest BCUT2D eigenvalue weighted by Crippen LogP contribution is 2.62. The second-order valence-corrected chi connectivity index (χ2v) is 8.44. The molecule has 0 aliphatic heterocycles. The van der Waals surface area contributed by atoms with Gasteiger partial charge in [-0.05, 0) is 5.56 Å². The normalized spacial score (nSPS) is 13.8. The van der Waals surface area contributed by atoms with Gasteiger partial charge in [0.05, 0.1) is 12.1 Å². The second kappa shape index (κ2) is 8.28. The molecule has 5 nitrogen and oxygen atoms in total. The molecule has 1 aromatic rings. The van der Waals surface area contributed by atoms with Crippen LogP contribution in [0.1, 0.15) is 19.4 Å². The molecule has 0 N–H and O–H groups in total. The van der Waals surface area contributed by atoms with Crippen molar-refractivity contribution in [3.05, 3.63) is 54.6 Å². The maximum Gasteiger partial charge on any atom is 0.339 e. The number of hydrogen-bond acceptors (Lipinski definition) is 5. The lowest BCUT2D eigenvalue weighted by Crippen LogP contribution is -2.43. The van der Waals surface area contributed by atoms with Crippen molar-refractivity contribution in [2.45, 2.75) is 19.5 Å². The van der Waals surface area contributed by atoms with E-state index in [1.807, 2.05) is 30.3 Å². The van der Waals surface area contributed by atoms with Gasteiger partial charge in [0.1, 0.15) is 5.66 Å². The number of hydrogen-bond donors (Lipinski definition) is 0. The highest BCUT2D eigenvalue weighted by Gasteiger charge is 2.57. The zero-order valence-corrected chi connectivity index (χ0v) is 15.9. The molecule has 0 radical (unpaired) electrons. The van der Waals surface area contributed by atoms with Gasteiger partial charge in [-0.1, -0.05) is 62.4 Å². The fourth-order valence-electron chi connectivity index (χ4n) is 2.54. The van der Waals surface area contributed by atoms with Crippen molar-refractivity contribution >= 4 is 13.7 Å². The highest BCUT2D eigenvalue weighted by molar-refractivity contribution is 7.55. The summed E-state index contributed by atoms with van der Waals surface area (Å²) >= 11 is 0. The van der Waals surface area contributed by atoms with E-state index in [0.717, 1.165) is 5.56 Å². The molecule has 0 bridgehead atoms. The van der Waals surface area contributed by atoms with Gasteiger partial charge in [0.2, 0.25) is 0 Å². The first-order valence-electron chi connectivity index (χ1n) is 7.67. The molecular weight excluding hydrogens is 335 g/mol. The number of benzene rings is 1. The van der Waals surface area contributed by atoms with Crippen LogP contribution in [0, 0.1) is 33.5 Å². The maximum absolute atomic E-state index is 13.2. The molecule has 0 unspecified atom stereocenters. The van der Waals surface area contributed by atoms with Crippen LogP contribution in [0.4, 0.5) is 0 Å². The van der Waals surface area contributed by atoms with Gasteiger partial charge in [-0.3, -0.25) is 4.57 Å². The van der Waals surface area contributed by atoms with Crippen LogP contribution in [-0.4, -0.2) is 19.9 Å². The Balaban J connectivity index is 3.63. The van der Waals surface area contributed by atoms with Gasteiger partial charge in [0.15, 0.2) is 5.41 Å². The number of nitriles is 2. The Hall–Kier alpha value is -2.17. The summed E-state index contributed by atoms with van der Waals surface area (Å²) in [5.41, 5.74) is -2.91. The molecule has 1 atom stereocenters. The maximum atomic E-state index is 13.2. The average Bonchev–Trinajstić information content (AvgIpc) is 2.65. The van der Waals surface area contributed by atoms with Gasteiger partial charge in [0, 0.05) is 19.6 Å². The first-order valence-corrected chi connectivity index (χ1v) is 9.28. The highest BCUT2D eigenvalue weighted by atomic mass is 31.2. The van der Waals surface area contributed by atoms with E-state index in [-0.39, 0.29) is 0 Å². The Kier molecular flexibility index (Phi) is 6.91. The summed E-state index contributed by atoms with van der Waals surface area (Å²) < 4.78 is 23.4. The molecule has 1 rings (SSSR count). The van der Waals surface area contributed by atoms with Crippen LogP contribution in [0.25, 0.3) is 6.08 Å². The van der Waals surface area contributed by atoms with E-state index in [1.165, 1.54) is 20.3 Å². The first kappa shape index (κ1) is 20.9. The van der Waals surface area contributed by atoms with Crippen molar-refractivity contribution in [3.63, 3.8) is 0 Å². The molecule has 25 heavy (non-hydrogen) atoms. The van der Waals surface area contributed by atoms with Gasteiger partial charge in [-0.2, -0.15) is 10.5 Å². The van der Waals surface area contributed by atoms with E-state index < -0.39 is 24.1 Å². The van der Waals surface area contributed by atoms with Crippen LogP contribution in [0.15, 0.2) is 49.1 Å². The van der Waals surface area contributed by atoms with Gasteiger partial charge >= 0.3 is 7.60 Å². The van der Waals surface area contributed by atoms with Crippen molar-refractivity contribution in [2.24, 2.45) is 10.8 Å². The molecule has 0 fully saturated rings. The first-order chi connectivity index (χ1) is 11.8. The van der Waals surface area contributed by atoms with Gasteiger partial charge in [-0.25, -0.2) is 0 Å².